The third-order valence-corrected chi connectivity index (χ3v) is 11.5. The standard InChI is InChI=1S/C35H49N3O4S/c1-8-18-36-19-12-16-34(7)26(29(36)40)27-30(41)38(25(22-39)21-24-14-10-9-11-15-24)28-31(42)37(20-13-17-35(27,28)43-34)33(5,6)23-32(2,3)4/h9-17,25-28,39H,8,18-23H2,1-7H3/t25-,26-,27+,28?,34+,35+/m1/s1. The van der Waals surface area contributed by atoms with E-state index in [1.807, 2.05) is 40.1 Å². The van der Waals surface area contributed by atoms with Gasteiger partial charge in [0.25, 0.3) is 0 Å². The largest absolute Gasteiger partial charge is 0.394 e. The zero-order valence-electron chi connectivity index (χ0n) is 26.9. The van der Waals surface area contributed by atoms with E-state index in [1.54, 1.807) is 16.7 Å². The number of aliphatic hydroxyl groups is 1. The summed E-state index contributed by atoms with van der Waals surface area (Å²) in [4.78, 5) is 49.7. The van der Waals surface area contributed by atoms with Gasteiger partial charge < -0.3 is 19.8 Å². The molecule has 7 nitrogen and oxygen atoms in total. The van der Waals surface area contributed by atoms with Gasteiger partial charge in [-0.1, -0.05) is 82.3 Å². The SMILES string of the molecule is CCCN1CC=C[C@]2(C)S[C@]34C=CCN(C(C)(C)CC(C)(C)C)C(=O)C3N([C@@H](CO)Cc3ccccc3)C(=O)[C@@H]4[C@@H]2C1=O. The lowest BCUT2D eigenvalue weighted by molar-refractivity contribution is -0.149. The Kier molecular flexibility index (Phi) is 8.44. The average molecular weight is 608 g/mol. The van der Waals surface area contributed by atoms with Gasteiger partial charge in [-0.15, -0.1) is 11.8 Å². The number of nitrogens with zero attached hydrogens (tertiary/aromatic N) is 3. The van der Waals surface area contributed by atoms with Gasteiger partial charge in [-0.2, -0.15) is 0 Å². The lowest BCUT2D eigenvalue weighted by atomic mass is 9.74. The molecule has 234 valence electrons. The van der Waals surface area contributed by atoms with Crippen molar-refractivity contribution in [2.24, 2.45) is 17.3 Å². The van der Waals surface area contributed by atoms with E-state index in [9.17, 15) is 14.7 Å². The Morgan fingerprint density at radius 2 is 1.63 bits per heavy atom. The molecular weight excluding hydrogens is 558 g/mol. The molecule has 0 saturated carbocycles. The Labute approximate surface area is 261 Å². The normalized spacial score (nSPS) is 31.6. The number of thioether (sulfide) groups is 1. The minimum atomic E-state index is -0.931. The van der Waals surface area contributed by atoms with Crippen LogP contribution in [0.2, 0.25) is 0 Å². The number of hydrogen-bond acceptors (Lipinski definition) is 5. The Balaban J connectivity index is 1.66. The van der Waals surface area contributed by atoms with Crippen molar-refractivity contribution in [2.45, 2.75) is 94.8 Å². The third kappa shape index (κ3) is 5.47. The van der Waals surface area contributed by atoms with Crippen LogP contribution < -0.4 is 0 Å². The Hall–Kier alpha value is -2.58. The number of rotatable bonds is 8. The highest BCUT2D eigenvalue weighted by atomic mass is 32.2. The van der Waals surface area contributed by atoms with Gasteiger partial charge in [0.15, 0.2) is 0 Å². The number of hydrogen-bond donors (Lipinski definition) is 1. The van der Waals surface area contributed by atoms with Crippen molar-refractivity contribution in [3.63, 3.8) is 0 Å². The first-order valence-corrected chi connectivity index (χ1v) is 16.6. The minimum Gasteiger partial charge on any atom is -0.394 e. The van der Waals surface area contributed by atoms with Crippen molar-refractivity contribution in [3.05, 3.63) is 60.2 Å². The molecule has 0 aromatic heterocycles. The summed E-state index contributed by atoms with van der Waals surface area (Å²) in [5.74, 6) is -1.63. The lowest BCUT2D eigenvalue weighted by Crippen LogP contribution is -2.61. The number of fused-ring (bicyclic) bond motifs is 2. The molecule has 4 aliphatic rings. The smallest absolute Gasteiger partial charge is 0.247 e. The van der Waals surface area contributed by atoms with E-state index < -0.39 is 39.0 Å². The molecule has 4 heterocycles. The van der Waals surface area contributed by atoms with Gasteiger partial charge >= 0.3 is 0 Å². The summed E-state index contributed by atoms with van der Waals surface area (Å²) in [5.41, 5.74) is 0.494. The van der Waals surface area contributed by atoms with Crippen LogP contribution >= 0.6 is 11.8 Å². The molecule has 6 atom stereocenters. The maximum atomic E-state index is 15.0. The van der Waals surface area contributed by atoms with Gasteiger partial charge in [0.05, 0.1) is 29.2 Å². The summed E-state index contributed by atoms with van der Waals surface area (Å²) in [7, 11) is 0. The van der Waals surface area contributed by atoms with Gasteiger partial charge in [0.2, 0.25) is 17.7 Å². The predicted octanol–water partition coefficient (Wildman–Crippen LogP) is 4.70. The van der Waals surface area contributed by atoms with Crippen LogP contribution in [0, 0.1) is 17.3 Å². The molecule has 0 radical (unpaired) electrons. The topological polar surface area (TPSA) is 81.2 Å². The second-order valence-corrected chi connectivity index (χ2v) is 16.6. The van der Waals surface area contributed by atoms with E-state index >= 15 is 4.79 Å². The van der Waals surface area contributed by atoms with Crippen LogP contribution in [-0.2, 0) is 20.8 Å². The highest BCUT2D eigenvalue weighted by Crippen LogP contribution is 2.66. The summed E-state index contributed by atoms with van der Waals surface area (Å²) in [6.45, 7) is 16.2. The number of aliphatic hydroxyl groups excluding tert-OH is 1. The van der Waals surface area contributed by atoms with Crippen molar-refractivity contribution < 1.29 is 19.5 Å². The second kappa shape index (κ2) is 11.4. The van der Waals surface area contributed by atoms with Crippen LogP contribution in [0.5, 0.6) is 0 Å². The van der Waals surface area contributed by atoms with Crippen LogP contribution in [0.15, 0.2) is 54.6 Å². The molecule has 1 aromatic rings. The van der Waals surface area contributed by atoms with Gasteiger partial charge in [-0.25, -0.2) is 0 Å². The molecule has 2 fully saturated rings. The molecule has 3 amide bonds. The van der Waals surface area contributed by atoms with E-state index in [0.29, 0.717) is 26.1 Å². The van der Waals surface area contributed by atoms with Crippen molar-refractivity contribution >= 4 is 29.5 Å². The molecule has 2 saturated heterocycles. The molecule has 1 unspecified atom stereocenters. The quantitative estimate of drug-likeness (QED) is 0.434. The third-order valence-electron chi connectivity index (χ3n) is 9.68. The molecule has 1 spiro atoms. The fourth-order valence-electron chi connectivity index (χ4n) is 8.45. The van der Waals surface area contributed by atoms with Gasteiger partial charge in [-0.05, 0) is 51.0 Å². The fourth-order valence-corrected chi connectivity index (χ4v) is 10.6. The number of amides is 3. The number of carbonyl (C=O) groups excluding carboxylic acids is 3. The molecular formula is C35H49N3O4S. The van der Waals surface area contributed by atoms with Crippen LogP contribution in [0.4, 0.5) is 0 Å². The highest BCUT2D eigenvalue weighted by molar-refractivity contribution is 8.02. The summed E-state index contributed by atoms with van der Waals surface area (Å²) in [6.07, 6.45) is 10.3. The van der Waals surface area contributed by atoms with Crippen molar-refractivity contribution in [3.8, 4) is 0 Å². The van der Waals surface area contributed by atoms with Crippen molar-refractivity contribution in [2.75, 3.05) is 26.2 Å². The zero-order chi connectivity index (χ0) is 31.4. The van der Waals surface area contributed by atoms with E-state index in [0.717, 1.165) is 18.4 Å². The highest BCUT2D eigenvalue weighted by Gasteiger charge is 2.74. The maximum Gasteiger partial charge on any atom is 0.247 e. The number of likely N-dealkylation sites (tertiary alicyclic amines) is 1. The first-order valence-electron chi connectivity index (χ1n) is 15.8. The van der Waals surface area contributed by atoms with Gasteiger partial charge in [0.1, 0.15) is 6.04 Å². The second-order valence-electron chi connectivity index (χ2n) is 14.9. The molecule has 0 bridgehead atoms. The molecule has 8 heteroatoms. The Bertz CT molecular complexity index is 1300. The average Bonchev–Trinajstić information content (AvgIpc) is 3.19. The summed E-state index contributed by atoms with van der Waals surface area (Å²) in [5, 5.41) is 10.8. The summed E-state index contributed by atoms with van der Waals surface area (Å²) in [6, 6.07) is 8.38. The van der Waals surface area contributed by atoms with Crippen LogP contribution in [0.3, 0.4) is 0 Å². The summed E-state index contributed by atoms with van der Waals surface area (Å²) < 4.78 is -1.57. The molecule has 1 N–H and O–H groups in total. The van der Waals surface area contributed by atoms with Gasteiger partial charge in [0, 0.05) is 29.9 Å². The predicted molar refractivity (Wildman–Crippen MR) is 172 cm³/mol. The molecule has 0 aliphatic carbocycles. The molecule has 43 heavy (non-hydrogen) atoms. The van der Waals surface area contributed by atoms with E-state index in [4.69, 9.17) is 0 Å². The number of carbonyl (C=O) groups is 3. The molecule has 4 aliphatic heterocycles. The van der Waals surface area contributed by atoms with E-state index in [2.05, 4.69) is 72.8 Å². The Morgan fingerprint density at radius 1 is 0.953 bits per heavy atom. The van der Waals surface area contributed by atoms with Crippen LogP contribution in [0.1, 0.15) is 66.9 Å². The molecule has 1 aromatic carbocycles. The maximum absolute atomic E-state index is 15.0. The first kappa shape index (κ1) is 31.8. The molecule has 5 rings (SSSR count). The van der Waals surface area contributed by atoms with Crippen molar-refractivity contribution in [1.29, 1.82) is 0 Å². The Morgan fingerprint density at radius 3 is 2.26 bits per heavy atom. The fraction of sp³-hybridized carbons (Fsp3) is 0.629. The van der Waals surface area contributed by atoms with Crippen LogP contribution in [0.25, 0.3) is 0 Å². The van der Waals surface area contributed by atoms with Crippen molar-refractivity contribution in [1.82, 2.24) is 14.7 Å². The lowest BCUT2D eigenvalue weighted by Gasteiger charge is -2.45. The van der Waals surface area contributed by atoms with E-state index in [-0.39, 0.29) is 29.7 Å². The minimum absolute atomic E-state index is 0.0173. The first-order chi connectivity index (χ1) is 20.2. The zero-order valence-corrected chi connectivity index (χ0v) is 27.7. The van der Waals surface area contributed by atoms with Gasteiger partial charge in [-0.3, -0.25) is 14.4 Å². The summed E-state index contributed by atoms with van der Waals surface area (Å²) >= 11 is 1.61. The van der Waals surface area contributed by atoms with E-state index in [1.165, 1.54) is 0 Å². The monoisotopic (exact) mass is 607 g/mol. The van der Waals surface area contributed by atoms with Crippen LogP contribution in [-0.4, -0.2) is 90.9 Å². The number of benzene rings is 1.